The van der Waals surface area contributed by atoms with Crippen LogP contribution in [0.25, 0.3) is 10.9 Å². The average molecular weight is 344 g/mol. The molecule has 0 radical (unpaired) electrons. The van der Waals surface area contributed by atoms with Crippen molar-refractivity contribution in [1.82, 2.24) is 9.71 Å². The van der Waals surface area contributed by atoms with E-state index in [0.29, 0.717) is 11.1 Å². The van der Waals surface area contributed by atoms with Gasteiger partial charge in [0.05, 0.1) is 11.3 Å². The number of carbonyl (C=O) groups excluding carboxylic acids is 1. The topological polar surface area (TPSA) is 76.1 Å². The molecule has 1 heterocycles. The van der Waals surface area contributed by atoms with Gasteiger partial charge < -0.3 is 0 Å². The van der Waals surface area contributed by atoms with Gasteiger partial charge in [-0.2, -0.15) is 0 Å². The summed E-state index contributed by atoms with van der Waals surface area (Å²) in [6, 6.07) is 13.6. The number of hydrogen-bond donors (Lipinski definition) is 1. The lowest BCUT2D eigenvalue weighted by Gasteiger charge is -2.09. The Labute approximate surface area is 138 Å². The number of benzene rings is 2. The maximum atomic E-state index is 13.1. The maximum absolute atomic E-state index is 13.1. The van der Waals surface area contributed by atoms with Crippen LogP contribution in [0.2, 0.25) is 0 Å². The Morgan fingerprint density at radius 3 is 2.62 bits per heavy atom. The quantitative estimate of drug-likeness (QED) is 0.789. The monoisotopic (exact) mass is 344 g/mol. The van der Waals surface area contributed by atoms with Crippen molar-refractivity contribution in [2.45, 2.75) is 5.75 Å². The number of nitrogens with one attached hydrogen (secondary N) is 1. The molecular weight excluding hydrogens is 331 g/mol. The summed E-state index contributed by atoms with van der Waals surface area (Å²) in [5, 5.41) is 0.807. The lowest BCUT2D eigenvalue weighted by Crippen LogP contribution is -2.31. The van der Waals surface area contributed by atoms with Crippen molar-refractivity contribution in [2.24, 2.45) is 0 Å². The van der Waals surface area contributed by atoms with Gasteiger partial charge in [-0.25, -0.2) is 17.5 Å². The molecule has 0 fully saturated rings. The van der Waals surface area contributed by atoms with E-state index in [1.54, 1.807) is 24.4 Å². The highest BCUT2D eigenvalue weighted by Gasteiger charge is 2.18. The van der Waals surface area contributed by atoms with E-state index in [9.17, 15) is 17.6 Å². The number of nitrogens with zero attached hydrogens (tertiary/aromatic N) is 1. The molecule has 122 valence electrons. The van der Waals surface area contributed by atoms with Crippen molar-refractivity contribution in [3.8, 4) is 0 Å². The number of carbonyl (C=O) groups is 1. The lowest BCUT2D eigenvalue weighted by atomic mass is 10.1. The minimum atomic E-state index is -3.95. The van der Waals surface area contributed by atoms with Crippen LogP contribution in [-0.2, 0) is 15.8 Å². The van der Waals surface area contributed by atoms with Gasteiger partial charge >= 0.3 is 0 Å². The highest BCUT2D eigenvalue weighted by molar-refractivity contribution is 7.89. The molecule has 2 aromatic carbocycles. The molecule has 0 saturated heterocycles. The summed E-state index contributed by atoms with van der Waals surface area (Å²) in [4.78, 5) is 16.2. The number of rotatable bonds is 4. The van der Waals surface area contributed by atoms with Gasteiger partial charge in [0.1, 0.15) is 5.82 Å². The molecule has 0 atom stereocenters. The molecule has 0 saturated carbocycles. The third kappa shape index (κ3) is 3.57. The Balaban J connectivity index is 1.84. The third-order valence-electron chi connectivity index (χ3n) is 3.40. The minimum Gasteiger partial charge on any atom is -0.268 e. The summed E-state index contributed by atoms with van der Waals surface area (Å²) in [7, 11) is -3.95. The van der Waals surface area contributed by atoms with Gasteiger partial charge in [-0.1, -0.05) is 30.3 Å². The van der Waals surface area contributed by atoms with E-state index in [1.807, 2.05) is 16.9 Å². The summed E-state index contributed by atoms with van der Waals surface area (Å²) < 4.78 is 39.6. The van der Waals surface area contributed by atoms with Gasteiger partial charge in [-0.15, -0.1) is 0 Å². The van der Waals surface area contributed by atoms with Crippen LogP contribution in [0.5, 0.6) is 0 Å². The van der Waals surface area contributed by atoms with Gasteiger partial charge in [-0.05, 0) is 29.8 Å². The van der Waals surface area contributed by atoms with E-state index in [-0.39, 0.29) is 5.56 Å². The minimum absolute atomic E-state index is 0.0605. The van der Waals surface area contributed by atoms with E-state index < -0.39 is 27.5 Å². The molecule has 3 rings (SSSR count). The fraction of sp³-hybridized carbons (Fsp3) is 0.0588. The number of aromatic nitrogens is 1. The first kappa shape index (κ1) is 16.1. The van der Waals surface area contributed by atoms with E-state index >= 15 is 0 Å². The fourth-order valence-corrected chi connectivity index (χ4v) is 3.47. The zero-order valence-electron chi connectivity index (χ0n) is 12.4. The normalized spacial score (nSPS) is 11.4. The van der Waals surface area contributed by atoms with Gasteiger partial charge in [0.15, 0.2) is 0 Å². The SMILES string of the molecule is O=C(NS(=O)(=O)Cc1cccc2cccnc12)c1cccc(F)c1. The van der Waals surface area contributed by atoms with Gasteiger partial charge in [-0.3, -0.25) is 9.78 Å². The number of amides is 1. The Morgan fingerprint density at radius 2 is 1.83 bits per heavy atom. The highest BCUT2D eigenvalue weighted by atomic mass is 32.2. The third-order valence-corrected chi connectivity index (χ3v) is 4.58. The average Bonchev–Trinajstić information content (AvgIpc) is 2.54. The number of para-hydroxylation sites is 1. The van der Waals surface area contributed by atoms with Crippen molar-refractivity contribution >= 4 is 26.8 Å². The first-order valence-electron chi connectivity index (χ1n) is 7.08. The summed E-state index contributed by atoms with van der Waals surface area (Å²) in [5.74, 6) is -1.89. The van der Waals surface area contributed by atoms with Crippen LogP contribution in [0, 0.1) is 5.82 Å². The predicted molar refractivity (Wildman–Crippen MR) is 88.2 cm³/mol. The fourth-order valence-electron chi connectivity index (χ4n) is 2.35. The zero-order chi connectivity index (χ0) is 17.2. The van der Waals surface area contributed by atoms with Crippen LogP contribution in [0.15, 0.2) is 60.8 Å². The second-order valence-electron chi connectivity index (χ2n) is 5.19. The zero-order valence-corrected chi connectivity index (χ0v) is 13.3. The Bertz CT molecular complexity index is 1010. The molecule has 1 aromatic heterocycles. The van der Waals surface area contributed by atoms with E-state index in [2.05, 4.69) is 4.98 Å². The van der Waals surface area contributed by atoms with Crippen molar-refractivity contribution in [3.05, 3.63) is 77.7 Å². The van der Waals surface area contributed by atoms with Gasteiger partial charge in [0.25, 0.3) is 5.91 Å². The second-order valence-corrected chi connectivity index (χ2v) is 6.92. The van der Waals surface area contributed by atoms with Crippen molar-refractivity contribution in [1.29, 1.82) is 0 Å². The van der Waals surface area contributed by atoms with Crippen molar-refractivity contribution in [2.75, 3.05) is 0 Å². The maximum Gasteiger partial charge on any atom is 0.264 e. The molecule has 5 nitrogen and oxygen atoms in total. The van der Waals surface area contributed by atoms with Crippen LogP contribution in [0.4, 0.5) is 4.39 Å². The standard InChI is InChI=1S/C17H13FN2O3S/c18-15-8-2-5-13(10-15)17(21)20-24(22,23)11-14-6-1-4-12-7-3-9-19-16(12)14/h1-10H,11H2,(H,20,21). The second kappa shape index (κ2) is 6.37. The first-order chi connectivity index (χ1) is 11.4. The summed E-state index contributed by atoms with van der Waals surface area (Å²) >= 11 is 0. The molecule has 3 aromatic rings. The smallest absolute Gasteiger partial charge is 0.264 e. The summed E-state index contributed by atoms with van der Waals surface area (Å²) in [6.07, 6.45) is 1.57. The number of sulfonamides is 1. The summed E-state index contributed by atoms with van der Waals surface area (Å²) in [5.41, 5.74) is 0.978. The van der Waals surface area contributed by atoms with E-state index in [4.69, 9.17) is 0 Å². The Morgan fingerprint density at radius 1 is 1.08 bits per heavy atom. The molecule has 0 aliphatic carbocycles. The number of fused-ring (bicyclic) bond motifs is 1. The molecule has 0 unspecified atom stereocenters. The molecule has 0 aliphatic rings. The molecular formula is C17H13FN2O3S. The van der Waals surface area contributed by atoms with E-state index in [0.717, 1.165) is 11.5 Å². The number of halogens is 1. The van der Waals surface area contributed by atoms with Gasteiger partial charge in [0.2, 0.25) is 10.0 Å². The molecule has 0 bridgehead atoms. The number of hydrogen-bond acceptors (Lipinski definition) is 4. The van der Waals surface area contributed by atoms with Crippen LogP contribution in [0.1, 0.15) is 15.9 Å². The van der Waals surface area contributed by atoms with Crippen LogP contribution in [-0.4, -0.2) is 19.3 Å². The van der Waals surface area contributed by atoms with Gasteiger partial charge in [0, 0.05) is 17.1 Å². The molecule has 24 heavy (non-hydrogen) atoms. The highest BCUT2D eigenvalue weighted by Crippen LogP contribution is 2.18. The van der Waals surface area contributed by atoms with Crippen LogP contribution < -0.4 is 4.72 Å². The van der Waals surface area contributed by atoms with Crippen molar-refractivity contribution in [3.63, 3.8) is 0 Å². The van der Waals surface area contributed by atoms with Crippen LogP contribution in [0.3, 0.4) is 0 Å². The lowest BCUT2D eigenvalue weighted by molar-refractivity contribution is 0.0981. The largest absolute Gasteiger partial charge is 0.268 e. The molecule has 7 heteroatoms. The number of pyridine rings is 1. The predicted octanol–water partition coefficient (Wildman–Crippen LogP) is 2.63. The molecule has 1 amide bonds. The summed E-state index contributed by atoms with van der Waals surface area (Å²) in [6.45, 7) is 0. The van der Waals surface area contributed by atoms with Crippen molar-refractivity contribution < 1.29 is 17.6 Å². The molecule has 0 aliphatic heterocycles. The molecule has 1 N–H and O–H groups in total. The van der Waals surface area contributed by atoms with Crippen LogP contribution >= 0.6 is 0 Å². The first-order valence-corrected chi connectivity index (χ1v) is 8.73. The Kier molecular flexibility index (Phi) is 4.26. The molecule has 0 spiro atoms. The Hall–Kier alpha value is -2.80. The van der Waals surface area contributed by atoms with E-state index in [1.165, 1.54) is 18.2 Å².